The number of anilines is 2. The third-order valence-corrected chi connectivity index (χ3v) is 4.01. The van der Waals surface area contributed by atoms with Gasteiger partial charge in [-0.3, -0.25) is 0 Å². The number of rotatable bonds is 3. The van der Waals surface area contributed by atoms with Crippen LogP contribution in [0.25, 0.3) is 10.9 Å². The Kier molecular flexibility index (Phi) is 3.05. The van der Waals surface area contributed by atoms with Crippen LogP contribution in [0.15, 0.2) is 35.7 Å². The first kappa shape index (κ1) is 11.9. The van der Waals surface area contributed by atoms with Crippen LogP contribution >= 0.6 is 11.3 Å². The number of fused-ring (bicyclic) bond motifs is 1. The second kappa shape index (κ2) is 4.85. The van der Waals surface area contributed by atoms with Gasteiger partial charge in [-0.05, 0) is 35.9 Å². The Hall–Kier alpha value is -2.14. The van der Waals surface area contributed by atoms with Crippen LogP contribution < -0.4 is 11.5 Å². The van der Waals surface area contributed by atoms with Crippen LogP contribution in [0.3, 0.4) is 0 Å². The van der Waals surface area contributed by atoms with Crippen molar-refractivity contribution < 1.29 is 0 Å². The number of nitrogens with two attached hydrogens (primary N) is 2. The third-order valence-electron chi connectivity index (χ3n) is 3.08. The molecule has 0 spiro atoms. The molecule has 2 aromatic heterocycles. The van der Waals surface area contributed by atoms with Gasteiger partial charge in [-0.1, -0.05) is 18.2 Å². The van der Waals surface area contributed by atoms with Crippen molar-refractivity contribution in [3.63, 3.8) is 0 Å². The molecule has 0 aliphatic heterocycles. The van der Waals surface area contributed by atoms with Gasteiger partial charge < -0.3 is 11.5 Å². The third kappa shape index (κ3) is 2.37. The van der Waals surface area contributed by atoms with Crippen LogP contribution in [-0.2, 0) is 12.8 Å². The van der Waals surface area contributed by atoms with Gasteiger partial charge in [-0.15, -0.1) is 11.3 Å². The molecule has 0 atom stereocenters. The lowest BCUT2D eigenvalue weighted by Gasteiger charge is -2.08. The molecule has 0 unspecified atom stereocenters. The lowest BCUT2D eigenvalue weighted by Crippen LogP contribution is -2.02. The van der Waals surface area contributed by atoms with E-state index in [-0.39, 0.29) is 5.95 Å². The van der Waals surface area contributed by atoms with Crippen molar-refractivity contribution in [3.8, 4) is 0 Å². The summed E-state index contributed by atoms with van der Waals surface area (Å²) in [6.45, 7) is 0. The molecule has 19 heavy (non-hydrogen) atoms. The first-order valence-electron chi connectivity index (χ1n) is 6.07. The molecule has 3 rings (SSSR count). The number of hydrogen-bond acceptors (Lipinski definition) is 5. The Bertz CT molecular complexity index is 707. The van der Waals surface area contributed by atoms with Gasteiger partial charge in [-0.25, -0.2) is 4.98 Å². The molecule has 0 saturated heterocycles. The van der Waals surface area contributed by atoms with E-state index in [0.717, 1.165) is 23.7 Å². The number of thiophene rings is 1. The first-order chi connectivity index (χ1) is 9.24. The summed E-state index contributed by atoms with van der Waals surface area (Å²) in [7, 11) is 0. The second-order valence-corrected chi connectivity index (χ2v) is 5.39. The van der Waals surface area contributed by atoms with Crippen LogP contribution in [0.2, 0.25) is 0 Å². The summed E-state index contributed by atoms with van der Waals surface area (Å²) >= 11 is 1.77. The fourth-order valence-electron chi connectivity index (χ4n) is 2.22. The van der Waals surface area contributed by atoms with Gasteiger partial charge in [-0.2, -0.15) is 4.98 Å². The quantitative estimate of drug-likeness (QED) is 0.767. The van der Waals surface area contributed by atoms with E-state index in [4.69, 9.17) is 11.5 Å². The Balaban J connectivity index is 1.99. The fraction of sp³-hybridized carbons (Fsp3) is 0.143. The van der Waals surface area contributed by atoms with Crippen LogP contribution in [-0.4, -0.2) is 9.97 Å². The van der Waals surface area contributed by atoms with E-state index in [1.807, 2.05) is 12.1 Å². The van der Waals surface area contributed by atoms with E-state index in [2.05, 4.69) is 33.5 Å². The molecule has 5 heteroatoms. The van der Waals surface area contributed by atoms with Crippen molar-refractivity contribution in [2.45, 2.75) is 12.8 Å². The lowest BCUT2D eigenvalue weighted by atomic mass is 10.0. The molecule has 0 fully saturated rings. The molecule has 0 radical (unpaired) electrons. The topological polar surface area (TPSA) is 77.8 Å². The molecule has 0 amide bonds. The lowest BCUT2D eigenvalue weighted by molar-refractivity contribution is 0.989. The molecule has 1 aromatic carbocycles. The number of aromatic nitrogens is 2. The number of aryl methyl sites for hydroxylation is 2. The summed E-state index contributed by atoms with van der Waals surface area (Å²) in [4.78, 5) is 9.65. The molecule has 0 bridgehead atoms. The molecule has 4 nitrogen and oxygen atoms in total. The van der Waals surface area contributed by atoms with Crippen molar-refractivity contribution in [1.82, 2.24) is 9.97 Å². The van der Waals surface area contributed by atoms with Crippen molar-refractivity contribution in [1.29, 1.82) is 0 Å². The van der Waals surface area contributed by atoms with E-state index in [1.54, 1.807) is 11.3 Å². The summed E-state index contributed by atoms with van der Waals surface area (Å²) in [5, 5.41) is 3.02. The number of nitrogen functional groups attached to an aromatic ring is 2. The zero-order valence-electron chi connectivity index (χ0n) is 10.3. The Morgan fingerprint density at radius 3 is 2.68 bits per heavy atom. The van der Waals surface area contributed by atoms with Crippen LogP contribution in [0.4, 0.5) is 11.8 Å². The van der Waals surface area contributed by atoms with E-state index in [9.17, 15) is 0 Å². The van der Waals surface area contributed by atoms with Crippen LogP contribution in [0.5, 0.6) is 0 Å². The molecule has 96 valence electrons. The highest BCUT2D eigenvalue weighted by atomic mass is 32.1. The van der Waals surface area contributed by atoms with Gasteiger partial charge in [0.2, 0.25) is 5.95 Å². The van der Waals surface area contributed by atoms with E-state index in [0.29, 0.717) is 5.82 Å². The van der Waals surface area contributed by atoms with Crippen molar-refractivity contribution in [2.24, 2.45) is 0 Å². The van der Waals surface area contributed by atoms with E-state index < -0.39 is 0 Å². The normalized spacial score (nSPS) is 10.9. The average molecular weight is 270 g/mol. The molecule has 4 N–H and O–H groups in total. The number of hydrogen-bond donors (Lipinski definition) is 2. The van der Waals surface area contributed by atoms with E-state index in [1.165, 1.54) is 10.4 Å². The van der Waals surface area contributed by atoms with Crippen molar-refractivity contribution in [2.75, 3.05) is 11.5 Å². The smallest absolute Gasteiger partial charge is 0.222 e. The standard InChI is InChI=1S/C14H14N4S/c15-13-12-9(6-7-10-4-2-8-19-10)3-1-5-11(12)17-14(16)18-13/h1-5,8H,6-7H2,(H4,15,16,17,18). The predicted octanol–water partition coefficient (Wildman–Crippen LogP) is 2.64. The summed E-state index contributed by atoms with van der Waals surface area (Å²) in [6, 6.07) is 10.2. The monoisotopic (exact) mass is 270 g/mol. The first-order valence-corrected chi connectivity index (χ1v) is 6.95. The molecule has 3 aromatic rings. The highest BCUT2D eigenvalue weighted by Gasteiger charge is 2.08. The van der Waals surface area contributed by atoms with Crippen LogP contribution in [0, 0.1) is 0 Å². The SMILES string of the molecule is Nc1nc(N)c2c(CCc3cccs3)cccc2n1. The number of nitrogens with zero attached hydrogens (tertiary/aromatic N) is 2. The van der Waals surface area contributed by atoms with Gasteiger partial charge in [0.25, 0.3) is 0 Å². The minimum atomic E-state index is 0.223. The zero-order valence-corrected chi connectivity index (χ0v) is 11.2. The average Bonchev–Trinajstić information content (AvgIpc) is 2.88. The zero-order chi connectivity index (χ0) is 13.2. The maximum absolute atomic E-state index is 5.98. The van der Waals surface area contributed by atoms with Crippen LogP contribution in [0.1, 0.15) is 10.4 Å². The number of benzene rings is 1. The fourth-order valence-corrected chi connectivity index (χ4v) is 2.93. The second-order valence-electron chi connectivity index (χ2n) is 4.36. The maximum atomic E-state index is 5.98. The molecule has 0 aliphatic rings. The Labute approximate surface area is 115 Å². The summed E-state index contributed by atoms with van der Waals surface area (Å²) in [5.41, 5.74) is 13.6. The summed E-state index contributed by atoms with van der Waals surface area (Å²) in [6.07, 6.45) is 1.93. The van der Waals surface area contributed by atoms with Gasteiger partial charge in [0.05, 0.1) is 5.52 Å². The minimum Gasteiger partial charge on any atom is -0.383 e. The van der Waals surface area contributed by atoms with Crippen molar-refractivity contribution >= 4 is 34.0 Å². The highest BCUT2D eigenvalue weighted by molar-refractivity contribution is 7.09. The van der Waals surface area contributed by atoms with Gasteiger partial charge in [0, 0.05) is 10.3 Å². The van der Waals surface area contributed by atoms with Gasteiger partial charge in [0.15, 0.2) is 0 Å². The van der Waals surface area contributed by atoms with Gasteiger partial charge in [0.1, 0.15) is 5.82 Å². The van der Waals surface area contributed by atoms with E-state index >= 15 is 0 Å². The molecule has 0 saturated carbocycles. The molecular weight excluding hydrogens is 256 g/mol. The molecular formula is C14H14N4S. The maximum Gasteiger partial charge on any atom is 0.222 e. The summed E-state index contributed by atoms with van der Waals surface area (Å²) in [5.74, 6) is 0.685. The largest absolute Gasteiger partial charge is 0.383 e. The van der Waals surface area contributed by atoms with Gasteiger partial charge >= 0.3 is 0 Å². The Morgan fingerprint density at radius 2 is 1.89 bits per heavy atom. The molecule has 2 heterocycles. The highest BCUT2D eigenvalue weighted by Crippen LogP contribution is 2.24. The Morgan fingerprint density at radius 1 is 1.00 bits per heavy atom. The summed E-state index contributed by atoms with van der Waals surface area (Å²) < 4.78 is 0. The predicted molar refractivity (Wildman–Crippen MR) is 80.1 cm³/mol. The molecule has 0 aliphatic carbocycles. The van der Waals surface area contributed by atoms with Crippen molar-refractivity contribution in [3.05, 3.63) is 46.2 Å². The minimum absolute atomic E-state index is 0.223.